The highest BCUT2D eigenvalue weighted by molar-refractivity contribution is 5.45. The smallest absolute Gasteiger partial charge is 0.258 e. The van der Waals surface area contributed by atoms with Crippen molar-refractivity contribution < 1.29 is 4.92 Å². The van der Waals surface area contributed by atoms with Crippen LogP contribution in [-0.2, 0) is 0 Å². The van der Waals surface area contributed by atoms with E-state index in [4.69, 9.17) is 0 Å². The maximum Gasteiger partial charge on any atom is 0.269 e. The Morgan fingerprint density at radius 1 is 1.11 bits per heavy atom. The van der Waals surface area contributed by atoms with E-state index < -0.39 is 4.92 Å². The average Bonchev–Trinajstić information content (AvgIpc) is 2.34. The van der Waals surface area contributed by atoms with Crippen molar-refractivity contribution in [3.05, 3.63) is 83.2 Å². The summed E-state index contributed by atoms with van der Waals surface area (Å²) in [6.45, 7) is 20.3. The molecule has 0 atom stereocenters. The van der Waals surface area contributed by atoms with E-state index in [9.17, 15) is 10.1 Å². The van der Waals surface area contributed by atoms with Crippen LogP contribution in [0.1, 0.15) is 20.8 Å². The molecule has 0 aliphatic rings. The van der Waals surface area contributed by atoms with Gasteiger partial charge in [0.25, 0.3) is 5.70 Å². The molecule has 0 rings (SSSR count). The van der Waals surface area contributed by atoms with E-state index in [0.717, 1.165) is 5.57 Å². The van der Waals surface area contributed by atoms with E-state index in [0.29, 0.717) is 11.1 Å². The summed E-state index contributed by atoms with van der Waals surface area (Å²) in [5.74, 6) is 0. The van der Waals surface area contributed by atoms with Crippen molar-refractivity contribution >= 4 is 0 Å². The van der Waals surface area contributed by atoms with Crippen molar-refractivity contribution in [3.63, 3.8) is 0 Å². The molecule has 0 aliphatic heterocycles. The molecule has 0 aromatic heterocycles. The molecule has 0 aromatic carbocycles. The zero-order valence-electron chi connectivity index (χ0n) is 11.4. The van der Waals surface area contributed by atoms with Crippen LogP contribution in [0.15, 0.2) is 73.0 Å². The predicted octanol–water partition coefficient (Wildman–Crippen LogP) is 4.60. The summed E-state index contributed by atoms with van der Waals surface area (Å²) in [7, 11) is 0. The lowest BCUT2D eigenvalue weighted by Crippen LogP contribution is -1.95. The highest BCUT2D eigenvalue weighted by Crippen LogP contribution is 2.12. The third-order valence-corrected chi connectivity index (χ3v) is 1.72. The quantitative estimate of drug-likeness (QED) is 0.391. The minimum absolute atomic E-state index is 0.102. The Morgan fingerprint density at radius 3 is 1.94 bits per heavy atom. The van der Waals surface area contributed by atoms with Crippen LogP contribution < -0.4 is 0 Å². The molecule has 0 N–H and O–H groups in total. The summed E-state index contributed by atoms with van der Waals surface area (Å²) >= 11 is 0. The van der Waals surface area contributed by atoms with Crippen molar-refractivity contribution in [2.24, 2.45) is 0 Å². The topological polar surface area (TPSA) is 43.1 Å². The second kappa shape index (κ2) is 10.0. The molecule has 0 unspecified atom stereocenters. The summed E-state index contributed by atoms with van der Waals surface area (Å²) in [6.07, 6.45) is 5.97. The number of hydrogen-bond donors (Lipinski definition) is 0. The van der Waals surface area contributed by atoms with E-state index in [1.54, 1.807) is 12.2 Å². The monoisotopic (exact) mass is 247 g/mol. The molecule has 0 aromatic rings. The third kappa shape index (κ3) is 8.05. The first-order valence-corrected chi connectivity index (χ1v) is 5.58. The molecule has 0 fully saturated rings. The maximum atomic E-state index is 10.5. The number of hydrogen-bond acceptors (Lipinski definition) is 2. The normalized spacial score (nSPS) is 10.3. The molecule has 0 bridgehead atoms. The second-order valence-corrected chi connectivity index (χ2v) is 3.26. The van der Waals surface area contributed by atoms with Gasteiger partial charge in [0.2, 0.25) is 0 Å². The molecule has 0 aliphatic carbocycles. The highest BCUT2D eigenvalue weighted by Gasteiger charge is 2.05. The maximum absolute atomic E-state index is 10.5. The molecule has 0 heterocycles. The Morgan fingerprint density at radius 2 is 1.61 bits per heavy atom. The molecule has 0 radical (unpaired) electrons. The Labute approximate surface area is 109 Å². The second-order valence-electron chi connectivity index (χ2n) is 3.26. The fraction of sp³-hybridized carbons (Fsp3) is 0.200. The van der Waals surface area contributed by atoms with Crippen LogP contribution in [0.3, 0.4) is 0 Å². The molecule has 0 saturated heterocycles. The van der Waals surface area contributed by atoms with Gasteiger partial charge in [0, 0.05) is 12.2 Å². The fourth-order valence-corrected chi connectivity index (χ4v) is 0.807. The summed E-state index contributed by atoms with van der Waals surface area (Å²) in [5, 5.41) is 10.5. The number of allylic oxidation sites excluding steroid dienone is 7. The van der Waals surface area contributed by atoms with Crippen molar-refractivity contribution in [2.75, 3.05) is 0 Å². The largest absolute Gasteiger partial charge is 0.269 e. The Hall–Kier alpha value is -2.16. The third-order valence-electron chi connectivity index (χ3n) is 1.72. The van der Waals surface area contributed by atoms with Crippen LogP contribution in [0, 0.1) is 10.1 Å². The summed E-state index contributed by atoms with van der Waals surface area (Å²) in [5.41, 5.74) is 1.85. The lowest BCUT2D eigenvalue weighted by atomic mass is 10.1. The molecule has 0 amide bonds. The number of nitro groups is 1. The Bertz CT molecular complexity index is 412. The van der Waals surface area contributed by atoms with Crippen LogP contribution >= 0.6 is 0 Å². The van der Waals surface area contributed by atoms with Crippen LogP contribution in [-0.4, -0.2) is 4.92 Å². The Kier molecular flexibility index (Phi) is 10.1. The lowest BCUT2D eigenvalue weighted by molar-refractivity contribution is -0.419. The molecule has 3 heteroatoms. The van der Waals surface area contributed by atoms with Gasteiger partial charge >= 0.3 is 0 Å². The van der Waals surface area contributed by atoms with Crippen LogP contribution in [0.5, 0.6) is 0 Å². The van der Waals surface area contributed by atoms with Crippen molar-refractivity contribution in [1.29, 1.82) is 0 Å². The zero-order valence-corrected chi connectivity index (χ0v) is 11.4. The molecule has 98 valence electrons. The van der Waals surface area contributed by atoms with Gasteiger partial charge in [0.1, 0.15) is 0 Å². The average molecular weight is 247 g/mol. The van der Waals surface area contributed by atoms with Gasteiger partial charge < -0.3 is 0 Å². The summed E-state index contributed by atoms with van der Waals surface area (Å²) in [6, 6.07) is 0. The van der Waals surface area contributed by atoms with E-state index in [1.807, 2.05) is 20.8 Å². The van der Waals surface area contributed by atoms with Gasteiger partial charge in [-0.05, 0) is 18.1 Å². The highest BCUT2D eigenvalue weighted by atomic mass is 16.6. The zero-order chi connectivity index (χ0) is 14.7. The first-order valence-electron chi connectivity index (χ1n) is 5.58. The van der Waals surface area contributed by atoms with E-state index >= 15 is 0 Å². The lowest BCUT2D eigenvalue weighted by Gasteiger charge is -1.98. The Balaban J connectivity index is 0. The molecule has 3 nitrogen and oxygen atoms in total. The molecule has 0 saturated carbocycles. The van der Waals surface area contributed by atoms with Crippen LogP contribution in [0.2, 0.25) is 0 Å². The molecular weight excluding hydrogens is 226 g/mol. The minimum atomic E-state index is -0.520. The number of nitrogens with zero attached hydrogens (tertiary/aromatic N) is 1. The van der Waals surface area contributed by atoms with E-state index in [2.05, 4.69) is 26.3 Å². The SMILES string of the molecule is C=C/C(=C\C(=C)C(=C)/C=C\C(=C)C)[N+](=O)[O-].CC. The van der Waals surface area contributed by atoms with Gasteiger partial charge in [-0.25, -0.2) is 0 Å². The number of rotatable bonds is 6. The van der Waals surface area contributed by atoms with Gasteiger partial charge in [-0.15, -0.1) is 0 Å². The molecule has 18 heavy (non-hydrogen) atoms. The molecular formula is C15H21NO2. The van der Waals surface area contributed by atoms with Gasteiger partial charge in [0.05, 0.1) is 4.92 Å². The van der Waals surface area contributed by atoms with Gasteiger partial charge in [0.15, 0.2) is 0 Å². The summed E-state index contributed by atoms with van der Waals surface area (Å²) < 4.78 is 0. The van der Waals surface area contributed by atoms with Gasteiger partial charge in [-0.2, -0.15) is 0 Å². The fourth-order valence-electron chi connectivity index (χ4n) is 0.807. The molecule has 0 spiro atoms. The van der Waals surface area contributed by atoms with Gasteiger partial charge in [-0.1, -0.05) is 57.9 Å². The van der Waals surface area contributed by atoms with Crippen LogP contribution in [0.25, 0.3) is 0 Å². The minimum Gasteiger partial charge on any atom is -0.258 e. The van der Waals surface area contributed by atoms with E-state index in [1.165, 1.54) is 12.2 Å². The predicted molar refractivity (Wildman–Crippen MR) is 78.9 cm³/mol. The van der Waals surface area contributed by atoms with Crippen molar-refractivity contribution in [1.82, 2.24) is 0 Å². The summed E-state index contributed by atoms with van der Waals surface area (Å²) in [4.78, 5) is 10.00. The standard InChI is InChI=1S/C13H15NO2.C2H6/c1-6-13(14(15)16)9-12(5)11(4)8-7-10(2)3;1-2/h6-9H,1-2,4-5H2,3H3;1-2H3/b8-7-,13-9+;. The van der Waals surface area contributed by atoms with Crippen molar-refractivity contribution in [2.45, 2.75) is 20.8 Å². The first kappa shape index (κ1) is 18.2. The van der Waals surface area contributed by atoms with Crippen molar-refractivity contribution in [3.8, 4) is 0 Å². The van der Waals surface area contributed by atoms with Gasteiger partial charge in [-0.3, -0.25) is 10.1 Å². The van der Waals surface area contributed by atoms with E-state index in [-0.39, 0.29) is 5.70 Å². The van der Waals surface area contributed by atoms with Crippen LogP contribution in [0.4, 0.5) is 0 Å². The first-order chi connectivity index (χ1) is 8.38.